The van der Waals surface area contributed by atoms with Gasteiger partial charge in [0.1, 0.15) is 0 Å². The monoisotopic (exact) mass is 313 g/mol. The van der Waals surface area contributed by atoms with E-state index in [9.17, 15) is 9.59 Å². The molecule has 6 rings (SSSR count). The standard InChI is InChI=1S/C18H16ClNO2/c1-8-2-3-9(19)6-14(8)20-17(21)15-10-4-5-11(13-7-12(10)13)16(15)18(20)22/h2-6,10-13,15-16H,7H2,1H3/t10-,11-,12-,13-,15+,16+/m0/s1. The lowest BCUT2D eigenvalue weighted by Crippen LogP contribution is -2.40. The maximum absolute atomic E-state index is 13.0. The fraction of sp³-hybridized carbons (Fsp3) is 0.444. The van der Waals surface area contributed by atoms with Gasteiger partial charge in [0.25, 0.3) is 0 Å². The van der Waals surface area contributed by atoms with Crippen LogP contribution < -0.4 is 4.90 Å². The van der Waals surface area contributed by atoms with Crippen molar-refractivity contribution in [2.75, 3.05) is 4.90 Å². The van der Waals surface area contributed by atoms with Crippen molar-refractivity contribution in [2.45, 2.75) is 13.3 Å². The van der Waals surface area contributed by atoms with Crippen LogP contribution in [0.2, 0.25) is 5.02 Å². The quantitative estimate of drug-likeness (QED) is 0.590. The van der Waals surface area contributed by atoms with Gasteiger partial charge in [-0.15, -0.1) is 0 Å². The lowest BCUT2D eigenvalue weighted by Gasteiger charge is -2.37. The number of hydrogen-bond acceptors (Lipinski definition) is 2. The van der Waals surface area contributed by atoms with E-state index in [1.807, 2.05) is 13.0 Å². The molecular weight excluding hydrogens is 298 g/mol. The first-order valence-electron chi connectivity index (χ1n) is 7.90. The van der Waals surface area contributed by atoms with E-state index in [1.54, 1.807) is 12.1 Å². The van der Waals surface area contributed by atoms with Crippen LogP contribution in [-0.2, 0) is 9.59 Å². The van der Waals surface area contributed by atoms with Gasteiger partial charge in [0.05, 0.1) is 17.5 Å². The minimum atomic E-state index is -0.148. The van der Waals surface area contributed by atoms with Crippen LogP contribution in [0.4, 0.5) is 5.69 Å². The number of aryl methyl sites for hydroxylation is 1. The average molecular weight is 314 g/mol. The molecule has 4 heteroatoms. The molecule has 3 fully saturated rings. The Labute approximate surface area is 133 Å². The van der Waals surface area contributed by atoms with Crippen LogP contribution in [0.3, 0.4) is 0 Å². The van der Waals surface area contributed by atoms with Crippen molar-refractivity contribution in [1.82, 2.24) is 0 Å². The summed E-state index contributed by atoms with van der Waals surface area (Å²) < 4.78 is 0. The molecule has 1 aromatic rings. The number of allylic oxidation sites excluding steroid dienone is 2. The van der Waals surface area contributed by atoms with Crippen molar-refractivity contribution < 1.29 is 9.59 Å². The SMILES string of the molecule is Cc1ccc(Cl)cc1N1C(=O)[C@@H]2[C@H]3C=C[C@@H]([C@@H]4C[C@@H]34)[C@H]2C1=O. The Balaban J connectivity index is 1.62. The summed E-state index contributed by atoms with van der Waals surface area (Å²) in [6.07, 6.45) is 5.57. The van der Waals surface area contributed by atoms with Gasteiger partial charge in [0.2, 0.25) is 11.8 Å². The van der Waals surface area contributed by atoms with E-state index in [0.717, 1.165) is 5.56 Å². The zero-order valence-corrected chi connectivity index (χ0v) is 13.0. The number of anilines is 1. The van der Waals surface area contributed by atoms with Crippen LogP contribution in [0.25, 0.3) is 0 Å². The number of nitrogens with zero attached hydrogens (tertiary/aromatic N) is 1. The molecule has 3 nitrogen and oxygen atoms in total. The Morgan fingerprint density at radius 2 is 1.64 bits per heavy atom. The lowest BCUT2D eigenvalue weighted by molar-refractivity contribution is -0.124. The second-order valence-electron chi connectivity index (χ2n) is 7.10. The maximum Gasteiger partial charge on any atom is 0.238 e. The van der Waals surface area contributed by atoms with Crippen LogP contribution in [-0.4, -0.2) is 11.8 Å². The normalized spacial score (nSPS) is 40.9. The Kier molecular flexibility index (Phi) is 2.35. The van der Waals surface area contributed by atoms with Crippen molar-refractivity contribution in [2.24, 2.45) is 35.5 Å². The molecule has 6 atom stereocenters. The second-order valence-corrected chi connectivity index (χ2v) is 7.53. The summed E-state index contributed by atoms with van der Waals surface area (Å²) in [6, 6.07) is 5.39. The highest BCUT2D eigenvalue weighted by Gasteiger charge is 2.67. The second kappa shape index (κ2) is 4.02. The molecule has 1 saturated heterocycles. The van der Waals surface area contributed by atoms with Gasteiger partial charge in [0.15, 0.2) is 0 Å². The zero-order valence-electron chi connectivity index (χ0n) is 12.2. The van der Waals surface area contributed by atoms with Gasteiger partial charge in [-0.25, -0.2) is 4.90 Å². The summed E-state index contributed by atoms with van der Waals surface area (Å²) in [5.74, 6) is 1.45. The first kappa shape index (κ1) is 12.9. The van der Waals surface area contributed by atoms with Gasteiger partial charge in [-0.1, -0.05) is 29.8 Å². The molecule has 4 aliphatic carbocycles. The van der Waals surface area contributed by atoms with Crippen LogP contribution >= 0.6 is 11.6 Å². The molecule has 22 heavy (non-hydrogen) atoms. The number of imide groups is 1. The molecular formula is C18H16ClNO2. The average Bonchev–Trinajstić information content (AvgIpc) is 3.28. The Morgan fingerprint density at radius 3 is 2.23 bits per heavy atom. The maximum atomic E-state index is 13.0. The summed E-state index contributed by atoms with van der Waals surface area (Å²) in [6.45, 7) is 1.92. The van der Waals surface area contributed by atoms with Gasteiger partial charge in [-0.2, -0.15) is 0 Å². The van der Waals surface area contributed by atoms with E-state index < -0.39 is 0 Å². The molecule has 2 bridgehead atoms. The number of hydrogen-bond donors (Lipinski definition) is 0. The van der Waals surface area contributed by atoms with Gasteiger partial charge >= 0.3 is 0 Å². The first-order valence-corrected chi connectivity index (χ1v) is 8.28. The van der Waals surface area contributed by atoms with Crippen molar-refractivity contribution in [1.29, 1.82) is 0 Å². The molecule has 0 aromatic heterocycles. The number of rotatable bonds is 1. The van der Waals surface area contributed by atoms with Crippen LogP contribution in [0, 0.1) is 42.4 Å². The number of carbonyl (C=O) groups excluding carboxylic acids is 2. The van der Waals surface area contributed by atoms with Gasteiger partial charge in [-0.3, -0.25) is 9.59 Å². The van der Waals surface area contributed by atoms with Crippen LogP contribution in [0.1, 0.15) is 12.0 Å². The highest BCUT2D eigenvalue weighted by atomic mass is 35.5. The third-order valence-electron chi connectivity index (χ3n) is 6.07. The van der Waals surface area contributed by atoms with Gasteiger partial charge < -0.3 is 0 Å². The Bertz CT molecular complexity index is 719. The number of carbonyl (C=O) groups is 2. The van der Waals surface area contributed by atoms with Crippen molar-refractivity contribution >= 4 is 29.1 Å². The molecule has 2 saturated carbocycles. The molecule has 1 aromatic carbocycles. The fourth-order valence-electron chi connectivity index (χ4n) is 5.02. The molecule has 0 spiro atoms. The molecule has 0 N–H and O–H groups in total. The minimum absolute atomic E-state index is 0.0231. The topological polar surface area (TPSA) is 37.4 Å². The van der Waals surface area contributed by atoms with E-state index in [1.165, 1.54) is 11.3 Å². The summed E-state index contributed by atoms with van der Waals surface area (Å²) in [4.78, 5) is 27.4. The van der Waals surface area contributed by atoms with E-state index in [-0.39, 0.29) is 35.5 Å². The van der Waals surface area contributed by atoms with Gasteiger partial charge in [-0.05, 0) is 54.7 Å². The largest absolute Gasteiger partial charge is 0.274 e. The number of amides is 2. The molecule has 2 amide bonds. The van der Waals surface area contributed by atoms with Crippen molar-refractivity contribution in [3.63, 3.8) is 0 Å². The summed E-state index contributed by atoms with van der Waals surface area (Å²) >= 11 is 6.08. The smallest absolute Gasteiger partial charge is 0.238 e. The van der Waals surface area contributed by atoms with E-state index >= 15 is 0 Å². The third kappa shape index (κ3) is 1.43. The fourth-order valence-corrected chi connectivity index (χ4v) is 5.18. The highest BCUT2D eigenvalue weighted by molar-refractivity contribution is 6.31. The molecule has 112 valence electrons. The first-order chi connectivity index (χ1) is 10.6. The van der Waals surface area contributed by atoms with E-state index in [0.29, 0.717) is 22.5 Å². The van der Waals surface area contributed by atoms with E-state index in [2.05, 4.69) is 12.2 Å². The van der Waals surface area contributed by atoms with Crippen molar-refractivity contribution in [3.05, 3.63) is 40.9 Å². The van der Waals surface area contributed by atoms with Gasteiger partial charge in [0, 0.05) is 5.02 Å². The minimum Gasteiger partial charge on any atom is -0.274 e. The highest BCUT2D eigenvalue weighted by Crippen LogP contribution is 2.65. The molecule has 0 radical (unpaired) electrons. The van der Waals surface area contributed by atoms with Crippen LogP contribution in [0.5, 0.6) is 0 Å². The van der Waals surface area contributed by atoms with Crippen molar-refractivity contribution in [3.8, 4) is 0 Å². The van der Waals surface area contributed by atoms with Crippen LogP contribution in [0.15, 0.2) is 30.4 Å². The molecule has 0 unspecified atom stereocenters. The molecule has 5 aliphatic rings. The Hall–Kier alpha value is -1.61. The summed E-state index contributed by atoms with van der Waals surface area (Å²) in [5, 5.41) is 0.556. The predicted octanol–water partition coefficient (Wildman–Crippen LogP) is 3.21. The summed E-state index contributed by atoms with van der Waals surface area (Å²) in [5.41, 5.74) is 1.57. The zero-order chi connectivity index (χ0) is 15.2. The molecule has 1 aliphatic heterocycles. The van der Waals surface area contributed by atoms with E-state index in [4.69, 9.17) is 11.6 Å². The molecule has 1 heterocycles. The number of benzene rings is 1. The third-order valence-corrected chi connectivity index (χ3v) is 6.31. The predicted molar refractivity (Wildman–Crippen MR) is 83.4 cm³/mol. The lowest BCUT2D eigenvalue weighted by atomic mass is 9.63. The Morgan fingerprint density at radius 1 is 1.05 bits per heavy atom. The summed E-state index contributed by atoms with van der Waals surface area (Å²) in [7, 11) is 0. The number of halogens is 1.